The van der Waals surface area contributed by atoms with Crippen molar-refractivity contribution >= 4 is 33.0 Å². The van der Waals surface area contributed by atoms with Gasteiger partial charge in [-0.1, -0.05) is 18.5 Å². The van der Waals surface area contributed by atoms with Gasteiger partial charge in [0.15, 0.2) is 21.4 Å². The van der Waals surface area contributed by atoms with Crippen molar-refractivity contribution in [1.29, 1.82) is 0 Å². The quantitative estimate of drug-likeness (QED) is 0.663. The normalized spacial score (nSPS) is 29.2. The summed E-state index contributed by atoms with van der Waals surface area (Å²) in [6, 6.07) is 7.97. The lowest BCUT2D eigenvalue weighted by atomic mass is 9.48. The molecule has 6 nitrogen and oxygen atoms in total. The molecule has 3 aliphatic rings. The molecule has 3 aliphatic carbocycles. The molecule has 2 unspecified atom stereocenters. The van der Waals surface area contributed by atoms with E-state index in [-0.39, 0.29) is 39.0 Å². The smallest absolute Gasteiger partial charge is 0.255 e. The van der Waals surface area contributed by atoms with Gasteiger partial charge in [-0.25, -0.2) is 12.8 Å². The van der Waals surface area contributed by atoms with E-state index in [1.54, 1.807) is 6.92 Å². The van der Waals surface area contributed by atoms with Crippen LogP contribution in [0.1, 0.15) is 37.0 Å². The topological polar surface area (TPSA) is 92.7 Å². The van der Waals surface area contributed by atoms with E-state index in [0.29, 0.717) is 18.5 Å². The Morgan fingerprint density at radius 2 is 1.88 bits per heavy atom. The van der Waals surface area contributed by atoms with Gasteiger partial charge in [0.1, 0.15) is 0 Å². The average molecular weight is 482 g/mol. The van der Waals surface area contributed by atoms with Crippen LogP contribution in [0.3, 0.4) is 0 Å². The summed E-state index contributed by atoms with van der Waals surface area (Å²) < 4.78 is 45.3. The van der Waals surface area contributed by atoms with Crippen LogP contribution in [0.2, 0.25) is 5.02 Å². The number of benzene rings is 2. The number of hydrogen-bond acceptors (Lipinski definition) is 5. The molecule has 5 rings (SSSR count). The van der Waals surface area contributed by atoms with Crippen LogP contribution in [0.25, 0.3) is 0 Å². The minimum atomic E-state index is -3.81. The summed E-state index contributed by atoms with van der Waals surface area (Å²) in [6.07, 6.45) is 0.713. The number of methoxy groups -OCH3 is 1. The maximum Gasteiger partial charge on any atom is 0.255 e. The Morgan fingerprint density at radius 1 is 1.22 bits per heavy atom. The fourth-order valence-corrected chi connectivity index (χ4v) is 7.66. The minimum Gasteiger partial charge on any atom is -0.494 e. The summed E-state index contributed by atoms with van der Waals surface area (Å²) in [5, 5.41) is 12.6. The zero-order valence-electron chi connectivity index (χ0n) is 17.9. The number of carbonyl (C=O) groups excluding carboxylic acids is 1. The number of rotatable bonds is 5. The van der Waals surface area contributed by atoms with Crippen LogP contribution in [-0.4, -0.2) is 37.4 Å². The number of ether oxygens (including phenoxy) is 1. The Bertz CT molecular complexity index is 1170. The first-order valence-corrected chi connectivity index (χ1v) is 12.3. The summed E-state index contributed by atoms with van der Waals surface area (Å²) in [7, 11) is -2.49. The molecule has 32 heavy (non-hydrogen) atoms. The van der Waals surface area contributed by atoms with Crippen LogP contribution in [-0.2, 0) is 9.84 Å². The lowest BCUT2D eigenvalue weighted by Gasteiger charge is -2.61. The van der Waals surface area contributed by atoms with E-state index in [1.165, 1.54) is 37.4 Å². The molecule has 0 saturated heterocycles. The molecule has 9 heteroatoms. The highest BCUT2D eigenvalue weighted by molar-refractivity contribution is 7.92. The molecular weight excluding hydrogens is 457 g/mol. The largest absolute Gasteiger partial charge is 0.494 e. The SMILES string of the molecule is COc1cc(NC(=O)c2ccc(Cl)c(S(=O)(=O)C3CC4C(C)C(C3)C4(C)O)c2)ccc1F. The first kappa shape index (κ1) is 23.0. The number of sulfone groups is 1. The molecule has 2 N–H and O–H groups in total. The number of anilines is 1. The van der Waals surface area contributed by atoms with Gasteiger partial charge >= 0.3 is 0 Å². The highest BCUT2D eigenvalue weighted by Crippen LogP contribution is 2.59. The number of hydrogen-bond donors (Lipinski definition) is 2. The van der Waals surface area contributed by atoms with Crippen LogP contribution in [0.4, 0.5) is 10.1 Å². The molecule has 172 valence electrons. The van der Waals surface area contributed by atoms with Crippen molar-refractivity contribution in [3.05, 3.63) is 52.8 Å². The third kappa shape index (κ3) is 3.68. The molecule has 2 atom stereocenters. The molecule has 0 aliphatic heterocycles. The fraction of sp³-hybridized carbons (Fsp3) is 0.435. The molecule has 0 spiro atoms. The van der Waals surface area contributed by atoms with E-state index in [2.05, 4.69) is 5.32 Å². The third-order valence-corrected chi connectivity index (χ3v) is 9.81. The molecule has 3 fully saturated rings. The van der Waals surface area contributed by atoms with Crippen molar-refractivity contribution in [3.63, 3.8) is 0 Å². The summed E-state index contributed by atoms with van der Waals surface area (Å²) in [6.45, 7) is 3.81. The van der Waals surface area contributed by atoms with Crippen LogP contribution < -0.4 is 10.1 Å². The van der Waals surface area contributed by atoms with Crippen LogP contribution >= 0.6 is 11.6 Å². The summed E-state index contributed by atoms with van der Waals surface area (Å²) in [5.74, 6) is -1.04. The summed E-state index contributed by atoms with van der Waals surface area (Å²) >= 11 is 6.24. The molecule has 2 aromatic carbocycles. The van der Waals surface area contributed by atoms with E-state index in [0.717, 1.165) is 6.07 Å². The Labute approximate surface area is 191 Å². The van der Waals surface area contributed by atoms with Crippen LogP contribution in [0, 0.1) is 23.6 Å². The molecule has 2 bridgehead atoms. The van der Waals surface area contributed by atoms with Crippen molar-refractivity contribution in [2.24, 2.45) is 17.8 Å². The van der Waals surface area contributed by atoms with Crippen molar-refractivity contribution < 1.29 is 27.4 Å². The first-order valence-electron chi connectivity index (χ1n) is 10.4. The number of amides is 1. The van der Waals surface area contributed by atoms with E-state index < -0.39 is 32.4 Å². The van der Waals surface area contributed by atoms with Crippen molar-refractivity contribution in [2.45, 2.75) is 42.4 Å². The van der Waals surface area contributed by atoms with E-state index in [9.17, 15) is 22.7 Å². The lowest BCUT2D eigenvalue weighted by Crippen LogP contribution is -2.65. The van der Waals surface area contributed by atoms with Gasteiger partial charge in [0, 0.05) is 17.3 Å². The Kier molecular flexibility index (Phi) is 5.76. The van der Waals surface area contributed by atoms with Gasteiger partial charge in [0.05, 0.1) is 27.9 Å². The first-order chi connectivity index (χ1) is 15.0. The zero-order chi connectivity index (χ0) is 23.4. The predicted molar refractivity (Wildman–Crippen MR) is 119 cm³/mol. The van der Waals surface area contributed by atoms with Gasteiger partial charge in [0.25, 0.3) is 5.91 Å². The van der Waals surface area contributed by atoms with Crippen molar-refractivity contribution in [2.75, 3.05) is 12.4 Å². The number of carbonyl (C=O) groups is 1. The second-order valence-electron chi connectivity index (χ2n) is 8.88. The molecule has 0 radical (unpaired) electrons. The number of fused-ring (bicyclic) bond motifs is 2. The van der Waals surface area contributed by atoms with Gasteiger partial charge in [-0.3, -0.25) is 4.79 Å². The summed E-state index contributed by atoms with van der Waals surface area (Å²) in [5.41, 5.74) is -0.429. The number of aliphatic hydroxyl groups is 1. The van der Waals surface area contributed by atoms with Gasteiger partial charge in [-0.15, -0.1) is 0 Å². The van der Waals surface area contributed by atoms with Gasteiger partial charge < -0.3 is 15.2 Å². The molecule has 2 aromatic rings. The molecule has 0 heterocycles. The highest BCUT2D eigenvalue weighted by Gasteiger charge is 2.61. The minimum absolute atomic E-state index is 0.0249. The van der Waals surface area contributed by atoms with Gasteiger partial charge in [-0.05, 0) is 67.9 Å². The Hall–Kier alpha value is -2.16. The highest BCUT2D eigenvalue weighted by atomic mass is 35.5. The molecular formula is C23H25ClFNO5S. The van der Waals surface area contributed by atoms with Gasteiger partial charge in [-0.2, -0.15) is 0 Å². The summed E-state index contributed by atoms with van der Waals surface area (Å²) in [4.78, 5) is 12.6. The Morgan fingerprint density at radius 3 is 2.47 bits per heavy atom. The number of halogens is 2. The number of nitrogens with one attached hydrogen (secondary N) is 1. The predicted octanol–water partition coefficient (Wildman–Crippen LogP) is 4.31. The van der Waals surface area contributed by atoms with Crippen LogP contribution in [0.15, 0.2) is 41.3 Å². The van der Waals surface area contributed by atoms with Crippen LogP contribution in [0.5, 0.6) is 5.75 Å². The fourth-order valence-electron chi connectivity index (χ4n) is 5.31. The second-order valence-corrected chi connectivity index (χ2v) is 11.5. The van der Waals surface area contributed by atoms with Gasteiger partial charge in [0.2, 0.25) is 0 Å². The van der Waals surface area contributed by atoms with Crippen molar-refractivity contribution in [3.8, 4) is 5.75 Å². The zero-order valence-corrected chi connectivity index (χ0v) is 19.5. The third-order valence-electron chi connectivity index (χ3n) is 7.15. The molecule has 3 saturated carbocycles. The maximum atomic E-state index is 13.6. The molecule has 0 aromatic heterocycles. The molecule has 1 amide bonds. The van der Waals surface area contributed by atoms with E-state index in [4.69, 9.17) is 16.3 Å². The second kappa shape index (κ2) is 8.01. The maximum absolute atomic E-state index is 13.6. The monoisotopic (exact) mass is 481 g/mol. The standard InChI is InChI=1S/C23H25ClFNO5S/c1-12-16-10-15(11-17(12)23(16,2)28)32(29,30)21-8-13(4-6-18(21)24)22(27)26-14-5-7-19(25)20(9-14)31-3/h4-9,12,15-17,28H,10-11H2,1-3H3,(H,26,27). The van der Waals surface area contributed by atoms with Crippen molar-refractivity contribution in [1.82, 2.24) is 0 Å². The van der Waals surface area contributed by atoms with E-state index >= 15 is 0 Å². The lowest BCUT2D eigenvalue weighted by molar-refractivity contribution is -0.204. The average Bonchev–Trinajstić information content (AvgIpc) is 2.75. The Balaban J connectivity index is 1.58. The van der Waals surface area contributed by atoms with E-state index in [1.807, 2.05) is 6.92 Å².